The second kappa shape index (κ2) is 5.57. The Morgan fingerprint density at radius 1 is 1.41 bits per heavy atom. The molecular formula is C15H13BrN2O4. The summed E-state index contributed by atoms with van der Waals surface area (Å²) in [6.07, 6.45) is 0.469. The molecule has 2 aromatic rings. The smallest absolute Gasteiger partial charge is 0.358 e. The molecule has 0 unspecified atom stereocenters. The summed E-state index contributed by atoms with van der Waals surface area (Å²) < 4.78 is 5.98. The zero-order chi connectivity index (χ0) is 15.9. The van der Waals surface area contributed by atoms with Crippen molar-refractivity contribution in [3.8, 4) is 0 Å². The van der Waals surface area contributed by atoms with E-state index in [9.17, 15) is 9.59 Å². The Bertz CT molecular complexity index is 769. The van der Waals surface area contributed by atoms with Crippen LogP contribution in [-0.2, 0) is 13.0 Å². The Morgan fingerprint density at radius 2 is 2.18 bits per heavy atom. The standard InChI is InChI=1S/C15H13BrN2O4/c1-8-6-9(2-3-11(8)16)14(19)18-5-4-12-10(7-18)13(15(20)21)17-22-12/h2-3,6H,4-5,7H2,1H3,(H,20,21). The van der Waals surface area contributed by atoms with E-state index >= 15 is 0 Å². The number of nitrogens with zero attached hydrogens (tertiary/aromatic N) is 2. The fourth-order valence-corrected chi connectivity index (χ4v) is 2.76. The van der Waals surface area contributed by atoms with E-state index in [2.05, 4.69) is 21.1 Å². The van der Waals surface area contributed by atoms with Gasteiger partial charge in [-0.05, 0) is 30.7 Å². The Kier molecular flexibility index (Phi) is 3.74. The normalized spacial score (nSPS) is 13.8. The van der Waals surface area contributed by atoms with Gasteiger partial charge in [-0.15, -0.1) is 0 Å². The number of aromatic carboxylic acids is 1. The van der Waals surface area contributed by atoms with Gasteiger partial charge in [-0.25, -0.2) is 4.79 Å². The van der Waals surface area contributed by atoms with Crippen molar-refractivity contribution >= 4 is 27.8 Å². The molecule has 1 aromatic heterocycles. The number of rotatable bonds is 2. The van der Waals surface area contributed by atoms with Crippen LogP contribution in [0.1, 0.15) is 37.7 Å². The molecule has 0 bridgehead atoms. The van der Waals surface area contributed by atoms with Gasteiger partial charge in [-0.2, -0.15) is 0 Å². The van der Waals surface area contributed by atoms with Crippen molar-refractivity contribution in [3.63, 3.8) is 0 Å². The van der Waals surface area contributed by atoms with Crippen LogP contribution in [0, 0.1) is 6.92 Å². The quantitative estimate of drug-likeness (QED) is 0.885. The average molecular weight is 365 g/mol. The molecule has 0 saturated carbocycles. The monoisotopic (exact) mass is 364 g/mol. The van der Waals surface area contributed by atoms with Gasteiger partial charge in [-0.3, -0.25) is 4.79 Å². The second-order valence-corrected chi connectivity index (χ2v) is 6.03. The van der Waals surface area contributed by atoms with Crippen molar-refractivity contribution in [1.29, 1.82) is 0 Å². The maximum absolute atomic E-state index is 12.6. The molecule has 1 aliphatic rings. The summed E-state index contributed by atoms with van der Waals surface area (Å²) >= 11 is 3.41. The second-order valence-electron chi connectivity index (χ2n) is 5.18. The summed E-state index contributed by atoms with van der Waals surface area (Å²) in [6, 6.07) is 5.40. The molecule has 0 aliphatic carbocycles. The molecule has 114 valence electrons. The molecule has 7 heteroatoms. The SMILES string of the molecule is Cc1cc(C(=O)N2CCc3onc(C(=O)O)c3C2)ccc1Br. The number of carboxylic acid groups (broad SMARTS) is 1. The topological polar surface area (TPSA) is 83.6 Å². The van der Waals surface area contributed by atoms with Gasteiger partial charge in [0.25, 0.3) is 5.91 Å². The number of benzene rings is 1. The number of carboxylic acids is 1. The molecular weight excluding hydrogens is 352 g/mol. The van der Waals surface area contributed by atoms with Crippen molar-refractivity contribution in [2.24, 2.45) is 0 Å². The van der Waals surface area contributed by atoms with Crippen molar-refractivity contribution in [1.82, 2.24) is 10.1 Å². The van der Waals surface area contributed by atoms with E-state index in [-0.39, 0.29) is 18.1 Å². The van der Waals surface area contributed by atoms with E-state index in [0.717, 1.165) is 10.0 Å². The van der Waals surface area contributed by atoms with Gasteiger partial charge in [0.1, 0.15) is 5.76 Å². The van der Waals surface area contributed by atoms with Crippen LogP contribution in [0.5, 0.6) is 0 Å². The van der Waals surface area contributed by atoms with Gasteiger partial charge in [-0.1, -0.05) is 21.1 Å². The molecule has 2 heterocycles. The lowest BCUT2D eigenvalue weighted by molar-refractivity contribution is 0.0673. The van der Waals surface area contributed by atoms with Crippen LogP contribution in [0.3, 0.4) is 0 Å². The summed E-state index contributed by atoms with van der Waals surface area (Å²) in [7, 11) is 0. The van der Waals surface area contributed by atoms with Gasteiger partial charge < -0.3 is 14.5 Å². The van der Waals surface area contributed by atoms with Crippen LogP contribution >= 0.6 is 15.9 Å². The van der Waals surface area contributed by atoms with E-state index in [4.69, 9.17) is 9.63 Å². The summed E-state index contributed by atoms with van der Waals surface area (Å²) in [5.74, 6) is -0.717. The fraction of sp³-hybridized carbons (Fsp3) is 0.267. The molecule has 0 fully saturated rings. The van der Waals surface area contributed by atoms with Gasteiger partial charge in [0, 0.05) is 28.6 Å². The number of fused-ring (bicyclic) bond motifs is 1. The third kappa shape index (κ3) is 2.52. The highest BCUT2D eigenvalue weighted by atomic mass is 79.9. The number of aryl methyl sites for hydroxylation is 1. The van der Waals surface area contributed by atoms with Crippen molar-refractivity contribution < 1.29 is 19.2 Å². The molecule has 3 rings (SSSR count). The van der Waals surface area contributed by atoms with E-state index in [1.54, 1.807) is 11.0 Å². The van der Waals surface area contributed by atoms with Crippen molar-refractivity contribution in [3.05, 3.63) is 50.8 Å². The number of aromatic nitrogens is 1. The molecule has 6 nitrogen and oxygen atoms in total. The number of hydrogen-bond donors (Lipinski definition) is 1. The minimum atomic E-state index is -1.14. The minimum absolute atomic E-state index is 0.112. The number of halogens is 1. The predicted molar refractivity (Wildman–Crippen MR) is 80.8 cm³/mol. The number of hydrogen-bond acceptors (Lipinski definition) is 4. The Hall–Kier alpha value is -2.15. The lowest BCUT2D eigenvalue weighted by atomic mass is 10.0. The first-order valence-electron chi connectivity index (χ1n) is 6.73. The number of carbonyl (C=O) groups excluding carboxylic acids is 1. The third-order valence-corrected chi connectivity index (χ3v) is 4.61. The molecule has 22 heavy (non-hydrogen) atoms. The van der Waals surface area contributed by atoms with Crippen molar-refractivity contribution in [2.45, 2.75) is 19.9 Å². The first kappa shape index (κ1) is 14.8. The molecule has 0 spiro atoms. The number of carbonyl (C=O) groups is 2. The van der Waals surface area contributed by atoms with Gasteiger partial charge >= 0.3 is 5.97 Å². The van der Waals surface area contributed by atoms with Crippen LogP contribution in [0.15, 0.2) is 27.2 Å². The van der Waals surface area contributed by atoms with Gasteiger partial charge in [0.05, 0.1) is 6.54 Å². The number of amides is 1. The van der Waals surface area contributed by atoms with Crippen molar-refractivity contribution in [2.75, 3.05) is 6.54 Å². The highest BCUT2D eigenvalue weighted by Crippen LogP contribution is 2.25. The molecule has 1 amide bonds. The first-order valence-corrected chi connectivity index (χ1v) is 7.53. The molecule has 1 aromatic carbocycles. The average Bonchev–Trinajstić information content (AvgIpc) is 2.92. The first-order chi connectivity index (χ1) is 10.5. The maximum atomic E-state index is 12.6. The van der Waals surface area contributed by atoms with Crippen LogP contribution < -0.4 is 0 Å². The maximum Gasteiger partial charge on any atom is 0.358 e. The largest absolute Gasteiger partial charge is 0.476 e. The molecule has 1 aliphatic heterocycles. The van der Waals surface area contributed by atoms with Gasteiger partial charge in [0.15, 0.2) is 5.69 Å². The van der Waals surface area contributed by atoms with Gasteiger partial charge in [0.2, 0.25) is 0 Å². The molecule has 0 saturated heterocycles. The van der Waals surface area contributed by atoms with E-state index in [0.29, 0.717) is 29.9 Å². The highest BCUT2D eigenvalue weighted by Gasteiger charge is 2.30. The minimum Gasteiger partial charge on any atom is -0.476 e. The van der Waals surface area contributed by atoms with Crippen LogP contribution in [0.25, 0.3) is 0 Å². The zero-order valence-corrected chi connectivity index (χ0v) is 13.4. The van der Waals surface area contributed by atoms with Crippen LogP contribution in [-0.4, -0.2) is 33.6 Å². The summed E-state index contributed by atoms with van der Waals surface area (Å²) in [5, 5.41) is 12.7. The van der Waals surface area contributed by atoms with E-state index in [1.165, 1.54) is 0 Å². The Balaban J connectivity index is 1.87. The van der Waals surface area contributed by atoms with E-state index < -0.39 is 5.97 Å². The predicted octanol–water partition coefficient (Wildman–Crippen LogP) is 2.64. The van der Waals surface area contributed by atoms with Crippen LogP contribution in [0.4, 0.5) is 0 Å². The summed E-state index contributed by atoms with van der Waals surface area (Å²) in [5.41, 5.74) is 1.93. The van der Waals surface area contributed by atoms with E-state index in [1.807, 2.05) is 19.1 Å². The zero-order valence-electron chi connectivity index (χ0n) is 11.8. The molecule has 1 N–H and O–H groups in total. The third-order valence-electron chi connectivity index (χ3n) is 3.72. The highest BCUT2D eigenvalue weighted by molar-refractivity contribution is 9.10. The lowest BCUT2D eigenvalue weighted by Gasteiger charge is -2.26. The summed E-state index contributed by atoms with van der Waals surface area (Å²) in [4.78, 5) is 25.3. The molecule has 0 atom stereocenters. The summed E-state index contributed by atoms with van der Waals surface area (Å²) in [6.45, 7) is 2.60. The Morgan fingerprint density at radius 3 is 2.86 bits per heavy atom. The fourth-order valence-electron chi connectivity index (χ4n) is 2.51. The lowest BCUT2D eigenvalue weighted by Crippen LogP contribution is -2.36. The Labute approximate surface area is 134 Å². The molecule has 0 radical (unpaired) electrons. The van der Waals surface area contributed by atoms with Crippen LogP contribution in [0.2, 0.25) is 0 Å².